The molecular formula is C45H91NO6. The van der Waals surface area contributed by atoms with Crippen molar-refractivity contribution in [3.05, 3.63) is 0 Å². The predicted octanol–water partition coefficient (Wildman–Crippen LogP) is 13.3. The van der Waals surface area contributed by atoms with Gasteiger partial charge in [0, 0.05) is 33.5 Å². The van der Waals surface area contributed by atoms with Gasteiger partial charge in [0.15, 0.2) is 0 Å². The van der Waals surface area contributed by atoms with E-state index in [1.807, 2.05) is 0 Å². The Morgan fingerprint density at radius 2 is 0.808 bits per heavy atom. The third kappa shape index (κ3) is 43.5. The van der Waals surface area contributed by atoms with Crippen molar-refractivity contribution >= 4 is 6.09 Å². The van der Waals surface area contributed by atoms with E-state index < -0.39 is 6.09 Å². The van der Waals surface area contributed by atoms with Crippen molar-refractivity contribution < 1.29 is 28.5 Å². The molecule has 0 aliphatic heterocycles. The van der Waals surface area contributed by atoms with Crippen LogP contribution in [0.1, 0.15) is 219 Å². The van der Waals surface area contributed by atoms with Crippen LogP contribution in [-0.2, 0) is 23.7 Å². The first-order valence-corrected chi connectivity index (χ1v) is 22.9. The molecule has 7 heteroatoms. The Kier molecular flexibility index (Phi) is 45.5. The van der Waals surface area contributed by atoms with E-state index in [1.165, 1.54) is 186 Å². The fraction of sp³-hybridized carbons (Fsp3) is 0.978. The molecule has 0 radical (unpaired) electrons. The number of ether oxygens (including phenoxy) is 5. The summed E-state index contributed by atoms with van der Waals surface area (Å²) >= 11 is 0. The van der Waals surface area contributed by atoms with Gasteiger partial charge in [0.05, 0.1) is 19.8 Å². The molecule has 1 unspecified atom stereocenters. The highest BCUT2D eigenvalue weighted by Gasteiger charge is 2.13. The Morgan fingerprint density at radius 1 is 0.423 bits per heavy atom. The molecule has 1 amide bonds. The van der Waals surface area contributed by atoms with E-state index in [0.29, 0.717) is 39.6 Å². The number of unbranched alkanes of at least 4 members (excludes halogenated alkanes) is 29. The number of rotatable bonds is 45. The van der Waals surface area contributed by atoms with Crippen molar-refractivity contribution in [2.24, 2.45) is 0 Å². The molecular weight excluding hydrogens is 650 g/mol. The summed E-state index contributed by atoms with van der Waals surface area (Å²) in [5.74, 6) is 0. The van der Waals surface area contributed by atoms with Crippen LogP contribution in [0.5, 0.6) is 0 Å². The molecule has 0 aromatic carbocycles. The van der Waals surface area contributed by atoms with Crippen molar-refractivity contribution in [3.8, 4) is 0 Å². The van der Waals surface area contributed by atoms with Gasteiger partial charge >= 0.3 is 6.09 Å². The number of alkyl carbamates (subject to hydrolysis) is 1. The minimum atomic E-state index is -0.407. The second-order valence-electron chi connectivity index (χ2n) is 15.3. The van der Waals surface area contributed by atoms with E-state index in [1.54, 1.807) is 7.11 Å². The molecule has 0 aliphatic rings. The van der Waals surface area contributed by atoms with E-state index in [0.717, 1.165) is 25.9 Å². The number of methoxy groups -OCH3 is 1. The molecule has 0 aromatic heterocycles. The van der Waals surface area contributed by atoms with Crippen LogP contribution in [0.25, 0.3) is 0 Å². The summed E-state index contributed by atoms with van der Waals surface area (Å²) in [4.78, 5) is 12.3. The molecule has 1 atom stereocenters. The lowest BCUT2D eigenvalue weighted by Gasteiger charge is -2.18. The Balaban J connectivity index is 3.97. The Hall–Kier alpha value is -0.890. The van der Waals surface area contributed by atoms with Gasteiger partial charge < -0.3 is 29.0 Å². The zero-order valence-electron chi connectivity index (χ0n) is 35.3. The zero-order valence-corrected chi connectivity index (χ0v) is 35.3. The fourth-order valence-corrected chi connectivity index (χ4v) is 6.66. The summed E-state index contributed by atoms with van der Waals surface area (Å²) in [5.41, 5.74) is 0. The van der Waals surface area contributed by atoms with E-state index in [9.17, 15) is 4.79 Å². The standard InChI is InChI=1S/C45H91NO6/c1-4-6-8-10-12-14-16-18-20-22-23-25-27-29-31-33-37-50-42-44(43-52-45(47)46-36-35-38-49-41-40-48-3)51-39-34-32-30-28-26-24-21-19-17-15-13-11-9-7-5-2/h44H,4-43H2,1-3H3,(H,46,47). The largest absolute Gasteiger partial charge is 0.447 e. The highest BCUT2D eigenvalue weighted by Crippen LogP contribution is 2.15. The highest BCUT2D eigenvalue weighted by atomic mass is 16.6. The van der Waals surface area contributed by atoms with Crippen LogP contribution >= 0.6 is 0 Å². The number of nitrogens with one attached hydrogen (secondary N) is 1. The number of carbonyl (C=O) groups excluding carboxylic acids is 1. The van der Waals surface area contributed by atoms with E-state index in [2.05, 4.69) is 19.2 Å². The van der Waals surface area contributed by atoms with E-state index >= 15 is 0 Å². The number of hydrogen-bond donors (Lipinski definition) is 1. The van der Waals surface area contributed by atoms with Crippen LogP contribution in [0.3, 0.4) is 0 Å². The molecule has 0 rings (SSSR count). The van der Waals surface area contributed by atoms with Crippen molar-refractivity contribution in [1.29, 1.82) is 0 Å². The average molecular weight is 742 g/mol. The SMILES string of the molecule is CCCCCCCCCCCCCCCCCCOCC(COC(=O)NCCCOCCOC)OCCCCCCCCCCCCCCCCC. The first-order valence-electron chi connectivity index (χ1n) is 22.9. The maximum Gasteiger partial charge on any atom is 0.407 e. The first kappa shape index (κ1) is 51.1. The Labute approximate surface area is 324 Å². The Morgan fingerprint density at radius 3 is 1.23 bits per heavy atom. The van der Waals surface area contributed by atoms with Crippen LogP contribution in [0.15, 0.2) is 0 Å². The third-order valence-electron chi connectivity index (χ3n) is 10.1. The maximum absolute atomic E-state index is 12.3. The molecule has 0 aliphatic carbocycles. The molecule has 0 aromatic rings. The minimum Gasteiger partial charge on any atom is -0.447 e. The van der Waals surface area contributed by atoms with Crippen LogP contribution in [0.4, 0.5) is 4.79 Å². The van der Waals surface area contributed by atoms with Gasteiger partial charge in [0.2, 0.25) is 0 Å². The van der Waals surface area contributed by atoms with Crippen molar-refractivity contribution in [1.82, 2.24) is 5.32 Å². The van der Waals surface area contributed by atoms with Crippen molar-refractivity contribution in [2.75, 3.05) is 59.9 Å². The van der Waals surface area contributed by atoms with Crippen molar-refractivity contribution in [3.63, 3.8) is 0 Å². The van der Waals surface area contributed by atoms with Gasteiger partial charge in [0.25, 0.3) is 0 Å². The monoisotopic (exact) mass is 742 g/mol. The molecule has 1 N–H and O–H groups in total. The lowest BCUT2D eigenvalue weighted by molar-refractivity contribution is -0.0468. The molecule has 52 heavy (non-hydrogen) atoms. The molecule has 312 valence electrons. The lowest BCUT2D eigenvalue weighted by Crippen LogP contribution is -2.32. The smallest absolute Gasteiger partial charge is 0.407 e. The summed E-state index contributed by atoms with van der Waals surface area (Å²) in [5, 5.41) is 2.81. The molecule has 7 nitrogen and oxygen atoms in total. The summed E-state index contributed by atoms with van der Waals surface area (Å²) < 4.78 is 28.1. The second-order valence-corrected chi connectivity index (χ2v) is 15.3. The average Bonchev–Trinajstić information content (AvgIpc) is 3.15. The fourth-order valence-electron chi connectivity index (χ4n) is 6.66. The molecule has 0 bridgehead atoms. The van der Waals surface area contributed by atoms with Crippen LogP contribution in [-0.4, -0.2) is 72.1 Å². The summed E-state index contributed by atoms with van der Waals surface area (Å²) in [6.07, 6.45) is 42.2. The Bertz CT molecular complexity index is 666. The van der Waals surface area contributed by atoms with Gasteiger partial charge in [0.1, 0.15) is 12.7 Å². The highest BCUT2D eigenvalue weighted by molar-refractivity contribution is 5.67. The second kappa shape index (κ2) is 46.3. The van der Waals surface area contributed by atoms with Gasteiger partial charge in [-0.3, -0.25) is 0 Å². The van der Waals surface area contributed by atoms with Crippen molar-refractivity contribution in [2.45, 2.75) is 225 Å². The topological polar surface area (TPSA) is 75.3 Å². The predicted molar refractivity (Wildman–Crippen MR) is 222 cm³/mol. The summed E-state index contributed by atoms with van der Waals surface area (Å²) in [6, 6.07) is 0. The molecule has 0 spiro atoms. The van der Waals surface area contributed by atoms with E-state index in [-0.39, 0.29) is 12.7 Å². The third-order valence-corrected chi connectivity index (χ3v) is 10.1. The molecule has 0 heterocycles. The zero-order chi connectivity index (χ0) is 37.7. The van der Waals surface area contributed by atoms with Crippen LogP contribution in [0.2, 0.25) is 0 Å². The maximum atomic E-state index is 12.3. The number of hydrogen-bond acceptors (Lipinski definition) is 6. The quantitative estimate of drug-likeness (QED) is 0.0626. The van der Waals surface area contributed by atoms with Gasteiger partial charge in [-0.1, -0.05) is 200 Å². The van der Waals surface area contributed by atoms with E-state index in [4.69, 9.17) is 23.7 Å². The van der Waals surface area contributed by atoms with Gasteiger partial charge in [-0.15, -0.1) is 0 Å². The normalized spacial score (nSPS) is 12.1. The number of amides is 1. The summed E-state index contributed by atoms with van der Waals surface area (Å²) in [7, 11) is 1.66. The molecule has 0 saturated heterocycles. The molecule has 0 fully saturated rings. The van der Waals surface area contributed by atoms with Gasteiger partial charge in [-0.2, -0.15) is 0 Å². The first-order chi connectivity index (χ1) is 25.7. The van der Waals surface area contributed by atoms with Gasteiger partial charge in [-0.25, -0.2) is 4.79 Å². The minimum absolute atomic E-state index is 0.216. The summed E-state index contributed by atoms with van der Waals surface area (Å²) in [6.45, 7) is 8.95. The van der Waals surface area contributed by atoms with Crippen LogP contribution in [0, 0.1) is 0 Å². The molecule has 0 saturated carbocycles. The van der Waals surface area contributed by atoms with Gasteiger partial charge in [-0.05, 0) is 19.3 Å². The number of carbonyl (C=O) groups is 1. The van der Waals surface area contributed by atoms with Crippen LogP contribution < -0.4 is 5.32 Å². The lowest BCUT2D eigenvalue weighted by atomic mass is 10.0.